The number of rotatable bonds is 18. The lowest BCUT2D eigenvalue weighted by Gasteiger charge is -2.06. The van der Waals surface area contributed by atoms with Crippen molar-refractivity contribution in [1.82, 2.24) is 0 Å². The molecule has 0 fully saturated rings. The van der Waals surface area contributed by atoms with Crippen molar-refractivity contribution in [1.29, 1.82) is 0 Å². The van der Waals surface area contributed by atoms with Gasteiger partial charge in [0.05, 0.1) is 6.04 Å². The normalized spacial score (nSPS) is 12.4. The van der Waals surface area contributed by atoms with Gasteiger partial charge in [-0.25, -0.2) is 0 Å². The minimum Gasteiger partial charge on any atom is -0.368 e. The molecule has 0 aromatic heterocycles. The first kappa shape index (κ1) is 22.4. The van der Waals surface area contributed by atoms with E-state index in [-0.39, 0.29) is 5.91 Å². The third-order valence-corrected chi connectivity index (χ3v) is 4.73. The van der Waals surface area contributed by atoms with E-state index in [9.17, 15) is 4.79 Å². The summed E-state index contributed by atoms with van der Waals surface area (Å²) in [5, 5.41) is 0. The number of primary amides is 1. The standard InChI is InChI=1S/C20H42N2O/c1-2-3-4-5-6-7-8-9-10-11-12-13-14-15-16-17-18-19(21)20(22)23/h19H,2-18,21H2,1H3,(H2,22,23). The molecule has 0 bridgehead atoms. The minimum absolute atomic E-state index is 0.369. The zero-order valence-electron chi connectivity index (χ0n) is 15.7. The van der Waals surface area contributed by atoms with Crippen LogP contribution in [0.1, 0.15) is 116 Å². The average molecular weight is 327 g/mol. The lowest BCUT2D eigenvalue weighted by molar-refractivity contribution is -0.119. The van der Waals surface area contributed by atoms with Crippen LogP contribution in [-0.4, -0.2) is 11.9 Å². The predicted molar refractivity (Wildman–Crippen MR) is 101 cm³/mol. The highest BCUT2D eigenvalue weighted by molar-refractivity contribution is 5.79. The van der Waals surface area contributed by atoms with Crippen LogP contribution in [0.15, 0.2) is 0 Å². The van der Waals surface area contributed by atoms with Gasteiger partial charge in [0, 0.05) is 0 Å². The average Bonchev–Trinajstić information content (AvgIpc) is 2.54. The van der Waals surface area contributed by atoms with Crippen molar-refractivity contribution < 1.29 is 4.79 Å². The predicted octanol–water partition coefficient (Wildman–Crippen LogP) is 5.45. The summed E-state index contributed by atoms with van der Waals surface area (Å²) in [5.74, 6) is -0.369. The molecule has 3 heteroatoms. The first-order valence-corrected chi connectivity index (χ1v) is 10.2. The quantitative estimate of drug-likeness (QED) is 0.329. The highest BCUT2D eigenvalue weighted by Gasteiger charge is 2.07. The molecule has 23 heavy (non-hydrogen) atoms. The minimum atomic E-state index is -0.443. The number of unbranched alkanes of at least 4 members (excludes halogenated alkanes) is 15. The summed E-state index contributed by atoms with van der Waals surface area (Å²) in [7, 11) is 0. The lowest BCUT2D eigenvalue weighted by Crippen LogP contribution is -2.36. The molecule has 1 amide bonds. The monoisotopic (exact) mass is 326 g/mol. The van der Waals surface area contributed by atoms with Crippen LogP contribution in [0.4, 0.5) is 0 Å². The van der Waals surface area contributed by atoms with Crippen LogP contribution in [-0.2, 0) is 4.79 Å². The lowest BCUT2D eigenvalue weighted by atomic mass is 10.0. The van der Waals surface area contributed by atoms with Crippen LogP contribution in [0.2, 0.25) is 0 Å². The third-order valence-electron chi connectivity index (χ3n) is 4.73. The van der Waals surface area contributed by atoms with Gasteiger partial charge < -0.3 is 11.5 Å². The number of carbonyl (C=O) groups is 1. The Kier molecular flexibility index (Phi) is 17.3. The van der Waals surface area contributed by atoms with E-state index in [0.717, 1.165) is 12.8 Å². The van der Waals surface area contributed by atoms with Crippen LogP contribution in [0.5, 0.6) is 0 Å². The maximum Gasteiger partial charge on any atom is 0.234 e. The van der Waals surface area contributed by atoms with Gasteiger partial charge in [0.2, 0.25) is 5.91 Å². The Hall–Kier alpha value is -0.570. The smallest absolute Gasteiger partial charge is 0.234 e. The number of amides is 1. The fourth-order valence-corrected chi connectivity index (χ4v) is 3.05. The van der Waals surface area contributed by atoms with Crippen molar-refractivity contribution in [3.63, 3.8) is 0 Å². The number of hydrogen-bond donors (Lipinski definition) is 2. The fourth-order valence-electron chi connectivity index (χ4n) is 3.05. The molecule has 0 rings (SSSR count). The van der Waals surface area contributed by atoms with E-state index in [0.29, 0.717) is 0 Å². The van der Waals surface area contributed by atoms with Crippen molar-refractivity contribution in [3.8, 4) is 0 Å². The first-order chi connectivity index (χ1) is 11.2. The summed E-state index contributed by atoms with van der Waals surface area (Å²) in [6.07, 6.45) is 22.5. The van der Waals surface area contributed by atoms with E-state index in [4.69, 9.17) is 11.5 Å². The van der Waals surface area contributed by atoms with Gasteiger partial charge in [0.25, 0.3) is 0 Å². The van der Waals surface area contributed by atoms with E-state index in [1.807, 2.05) is 0 Å². The van der Waals surface area contributed by atoms with E-state index in [1.54, 1.807) is 0 Å². The summed E-state index contributed by atoms with van der Waals surface area (Å²) >= 11 is 0. The van der Waals surface area contributed by atoms with Crippen LogP contribution in [0.3, 0.4) is 0 Å². The van der Waals surface area contributed by atoms with Gasteiger partial charge in [-0.3, -0.25) is 4.79 Å². The zero-order valence-corrected chi connectivity index (χ0v) is 15.7. The molecule has 0 saturated heterocycles. The van der Waals surface area contributed by atoms with Gasteiger partial charge in [-0.2, -0.15) is 0 Å². The van der Waals surface area contributed by atoms with E-state index >= 15 is 0 Å². The Morgan fingerprint density at radius 2 is 0.957 bits per heavy atom. The van der Waals surface area contributed by atoms with Gasteiger partial charge in [-0.1, -0.05) is 110 Å². The molecule has 138 valence electrons. The van der Waals surface area contributed by atoms with E-state index < -0.39 is 6.04 Å². The summed E-state index contributed by atoms with van der Waals surface area (Å²) in [5.41, 5.74) is 10.7. The Morgan fingerprint density at radius 1 is 0.652 bits per heavy atom. The molecule has 3 nitrogen and oxygen atoms in total. The summed E-state index contributed by atoms with van der Waals surface area (Å²) in [6.45, 7) is 2.28. The second kappa shape index (κ2) is 17.8. The van der Waals surface area contributed by atoms with Crippen molar-refractivity contribution in [2.75, 3.05) is 0 Å². The van der Waals surface area contributed by atoms with Gasteiger partial charge in [-0.15, -0.1) is 0 Å². The second-order valence-corrected chi connectivity index (χ2v) is 7.10. The van der Waals surface area contributed by atoms with Crippen LogP contribution in [0, 0.1) is 0 Å². The Balaban J connectivity index is 3.04. The molecule has 0 aliphatic carbocycles. The molecule has 0 aromatic rings. The Bertz CT molecular complexity index is 256. The van der Waals surface area contributed by atoms with E-state index in [2.05, 4.69) is 6.92 Å². The molecule has 0 aromatic carbocycles. The molecule has 1 atom stereocenters. The van der Waals surface area contributed by atoms with Gasteiger partial charge in [0.1, 0.15) is 0 Å². The third kappa shape index (κ3) is 17.6. The molecule has 0 spiro atoms. The topological polar surface area (TPSA) is 69.1 Å². The fraction of sp³-hybridized carbons (Fsp3) is 0.950. The zero-order chi connectivity index (χ0) is 17.2. The van der Waals surface area contributed by atoms with E-state index in [1.165, 1.54) is 96.3 Å². The van der Waals surface area contributed by atoms with Gasteiger partial charge in [0.15, 0.2) is 0 Å². The number of nitrogens with two attached hydrogens (primary N) is 2. The molecular formula is C20H42N2O. The molecule has 4 N–H and O–H groups in total. The maximum atomic E-state index is 10.8. The number of hydrogen-bond acceptors (Lipinski definition) is 2. The molecule has 0 radical (unpaired) electrons. The highest BCUT2D eigenvalue weighted by Crippen LogP contribution is 2.14. The van der Waals surface area contributed by atoms with Crippen molar-refractivity contribution in [3.05, 3.63) is 0 Å². The van der Waals surface area contributed by atoms with Crippen molar-refractivity contribution in [2.45, 2.75) is 122 Å². The maximum absolute atomic E-state index is 10.8. The Labute approximate surface area is 145 Å². The summed E-state index contributed by atoms with van der Waals surface area (Å²) in [6, 6.07) is -0.443. The molecule has 0 aliphatic rings. The SMILES string of the molecule is CCCCCCCCCCCCCCCCCCC(N)C(N)=O. The molecule has 0 aliphatic heterocycles. The largest absolute Gasteiger partial charge is 0.368 e. The Morgan fingerprint density at radius 3 is 1.26 bits per heavy atom. The molecule has 1 unspecified atom stereocenters. The van der Waals surface area contributed by atoms with Crippen molar-refractivity contribution in [2.24, 2.45) is 11.5 Å². The highest BCUT2D eigenvalue weighted by atomic mass is 16.1. The molecule has 0 heterocycles. The van der Waals surface area contributed by atoms with Crippen LogP contribution >= 0.6 is 0 Å². The van der Waals surface area contributed by atoms with Gasteiger partial charge in [-0.05, 0) is 6.42 Å². The molecular weight excluding hydrogens is 284 g/mol. The molecule has 0 saturated carbocycles. The number of carbonyl (C=O) groups excluding carboxylic acids is 1. The first-order valence-electron chi connectivity index (χ1n) is 10.2. The van der Waals surface area contributed by atoms with Crippen molar-refractivity contribution >= 4 is 5.91 Å². The van der Waals surface area contributed by atoms with Gasteiger partial charge >= 0.3 is 0 Å². The second-order valence-electron chi connectivity index (χ2n) is 7.10. The summed E-state index contributed by atoms with van der Waals surface area (Å²) < 4.78 is 0. The summed E-state index contributed by atoms with van der Waals surface area (Å²) in [4.78, 5) is 10.8. The van der Waals surface area contributed by atoms with Crippen LogP contribution < -0.4 is 11.5 Å². The van der Waals surface area contributed by atoms with Crippen LogP contribution in [0.25, 0.3) is 0 Å².